The Morgan fingerprint density at radius 1 is 1.35 bits per heavy atom. The number of benzene rings is 1. The maximum absolute atomic E-state index is 11.3. The lowest BCUT2D eigenvalue weighted by Gasteiger charge is -2.20. The standard InChI is InChI=1S/C13H16N4O3/c14-13(18)8-1-2-11(17(19)20)12(3-8)16-6-9-4-15-5-10(9)7-16/h1-3,9-10,15H,4-7H2,(H2,14,18)/t9-,10+. The number of rotatable bonds is 3. The van der Waals surface area contributed by atoms with Gasteiger partial charge in [-0.05, 0) is 24.0 Å². The molecule has 0 aliphatic carbocycles. The van der Waals surface area contributed by atoms with Gasteiger partial charge in [0.25, 0.3) is 5.69 Å². The normalized spacial score (nSPS) is 24.7. The minimum atomic E-state index is -0.567. The highest BCUT2D eigenvalue weighted by molar-refractivity contribution is 5.94. The number of nitrogens with zero attached hydrogens (tertiary/aromatic N) is 2. The van der Waals surface area contributed by atoms with Crippen LogP contribution < -0.4 is 16.0 Å². The van der Waals surface area contributed by atoms with Gasteiger partial charge in [0.15, 0.2) is 0 Å². The number of hydrogen-bond acceptors (Lipinski definition) is 5. The average Bonchev–Trinajstić information content (AvgIpc) is 2.98. The molecule has 3 N–H and O–H groups in total. The van der Waals surface area contributed by atoms with Gasteiger partial charge >= 0.3 is 0 Å². The maximum Gasteiger partial charge on any atom is 0.292 e. The number of nitro benzene ring substituents is 1. The van der Waals surface area contributed by atoms with Crippen LogP contribution in [0.5, 0.6) is 0 Å². The zero-order valence-corrected chi connectivity index (χ0v) is 10.9. The molecule has 2 atom stereocenters. The zero-order chi connectivity index (χ0) is 14.3. The predicted octanol–water partition coefficient (Wildman–Crippen LogP) is 0.349. The molecule has 1 amide bonds. The summed E-state index contributed by atoms with van der Waals surface area (Å²) >= 11 is 0. The fourth-order valence-electron chi connectivity index (χ4n) is 3.14. The first-order valence-corrected chi connectivity index (χ1v) is 6.60. The van der Waals surface area contributed by atoms with E-state index in [1.54, 1.807) is 0 Å². The van der Waals surface area contributed by atoms with Crippen LogP contribution >= 0.6 is 0 Å². The number of fused-ring (bicyclic) bond motifs is 1. The third kappa shape index (κ3) is 2.09. The predicted molar refractivity (Wildman–Crippen MR) is 73.7 cm³/mol. The van der Waals surface area contributed by atoms with Crippen molar-refractivity contribution in [2.75, 3.05) is 31.1 Å². The van der Waals surface area contributed by atoms with E-state index in [9.17, 15) is 14.9 Å². The van der Waals surface area contributed by atoms with E-state index >= 15 is 0 Å². The average molecular weight is 276 g/mol. The summed E-state index contributed by atoms with van der Waals surface area (Å²) in [5.41, 5.74) is 6.10. The lowest BCUT2D eigenvalue weighted by molar-refractivity contribution is -0.384. The molecule has 0 spiro atoms. The first kappa shape index (κ1) is 12.9. The molecule has 0 radical (unpaired) electrons. The van der Waals surface area contributed by atoms with Gasteiger partial charge in [0, 0.05) is 37.8 Å². The van der Waals surface area contributed by atoms with Gasteiger partial charge in [-0.3, -0.25) is 14.9 Å². The molecule has 2 saturated heterocycles. The molecular weight excluding hydrogens is 260 g/mol. The van der Waals surface area contributed by atoms with Crippen LogP contribution in [0.1, 0.15) is 10.4 Å². The van der Waals surface area contributed by atoms with Crippen molar-refractivity contribution in [3.63, 3.8) is 0 Å². The van der Waals surface area contributed by atoms with Crippen molar-refractivity contribution in [2.24, 2.45) is 17.6 Å². The summed E-state index contributed by atoms with van der Waals surface area (Å²) < 4.78 is 0. The Balaban J connectivity index is 1.96. The highest BCUT2D eigenvalue weighted by atomic mass is 16.6. The van der Waals surface area contributed by atoms with Gasteiger partial charge < -0.3 is 16.0 Å². The lowest BCUT2D eigenvalue weighted by atomic mass is 10.0. The van der Waals surface area contributed by atoms with Crippen molar-refractivity contribution >= 4 is 17.3 Å². The molecule has 0 aromatic heterocycles. The van der Waals surface area contributed by atoms with Crippen molar-refractivity contribution in [2.45, 2.75) is 0 Å². The van der Waals surface area contributed by atoms with Crippen molar-refractivity contribution < 1.29 is 9.72 Å². The largest absolute Gasteiger partial charge is 0.366 e. The number of primary amides is 1. The van der Waals surface area contributed by atoms with Gasteiger partial charge in [-0.2, -0.15) is 0 Å². The second-order valence-electron chi connectivity index (χ2n) is 5.41. The molecule has 7 nitrogen and oxygen atoms in total. The molecule has 3 rings (SSSR count). The fraction of sp³-hybridized carbons (Fsp3) is 0.462. The Bertz CT molecular complexity index is 563. The van der Waals surface area contributed by atoms with Crippen molar-refractivity contribution in [3.8, 4) is 0 Å². The summed E-state index contributed by atoms with van der Waals surface area (Å²) in [6, 6.07) is 4.30. The Kier molecular flexibility index (Phi) is 3.06. The van der Waals surface area contributed by atoms with Crippen LogP contribution in [0.15, 0.2) is 18.2 Å². The number of nitrogens with two attached hydrogens (primary N) is 1. The highest BCUT2D eigenvalue weighted by Gasteiger charge is 2.38. The van der Waals surface area contributed by atoms with E-state index in [1.807, 2.05) is 4.90 Å². The van der Waals surface area contributed by atoms with E-state index in [0.717, 1.165) is 26.2 Å². The Morgan fingerprint density at radius 3 is 2.55 bits per heavy atom. The third-order valence-corrected chi connectivity index (χ3v) is 4.19. The number of carbonyl (C=O) groups is 1. The number of nitrogens with one attached hydrogen (secondary N) is 1. The van der Waals surface area contributed by atoms with E-state index < -0.39 is 10.8 Å². The quantitative estimate of drug-likeness (QED) is 0.612. The summed E-state index contributed by atoms with van der Waals surface area (Å²) in [6.45, 7) is 3.45. The molecule has 7 heteroatoms. The van der Waals surface area contributed by atoms with E-state index in [1.165, 1.54) is 18.2 Å². The molecule has 0 unspecified atom stereocenters. The van der Waals surface area contributed by atoms with Crippen LogP contribution in [0.2, 0.25) is 0 Å². The monoisotopic (exact) mass is 276 g/mol. The first-order chi connectivity index (χ1) is 9.56. The maximum atomic E-state index is 11.3. The van der Waals surface area contributed by atoms with E-state index in [2.05, 4.69) is 5.32 Å². The molecule has 0 saturated carbocycles. The molecule has 0 bridgehead atoms. The molecule has 1 aromatic rings. The van der Waals surface area contributed by atoms with Crippen LogP contribution in [0.4, 0.5) is 11.4 Å². The van der Waals surface area contributed by atoms with Crippen LogP contribution in [0.25, 0.3) is 0 Å². The molecular formula is C13H16N4O3. The number of carbonyl (C=O) groups excluding carboxylic acids is 1. The zero-order valence-electron chi connectivity index (χ0n) is 10.9. The van der Waals surface area contributed by atoms with E-state index in [0.29, 0.717) is 23.1 Å². The summed E-state index contributed by atoms with van der Waals surface area (Å²) in [7, 11) is 0. The first-order valence-electron chi connectivity index (χ1n) is 6.60. The lowest BCUT2D eigenvalue weighted by Crippen LogP contribution is -2.26. The van der Waals surface area contributed by atoms with E-state index in [4.69, 9.17) is 5.73 Å². The molecule has 2 fully saturated rings. The van der Waals surface area contributed by atoms with Gasteiger partial charge in [-0.1, -0.05) is 0 Å². The topological polar surface area (TPSA) is 102 Å². The summed E-state index contributed by atoms with van der Waals surface area (Å²) in [5, 5.41) is 14.5. The number of anilines is 1. The Morgan fingerprint density at radius 2 is 2.00 bits per heavy atom. The molecule has 2 aliphatic rings. The van der Waals surface area contributed by atoms with E-state index in [-0.39, 0.29) is 5.69 Å². The molecule has 106 valence electrons. The summed E-state index contributed by atoms with van der Waals surface area (Å²) in [6.07, 6.45) is 0. The number of hydrogen-bond donors (Lipinski definition) is 2. The fourth-order valence-corrected chi connectivity index (χ4v) is 3.14. The minimum Gasteiger partial charge on any atom is -0.366 e. The van der Waals surface area contributed by atoms with Gasteiger partial charge in [-0.15, -0.1) is 0 Å². The Hall–Kier alpha value is -2.15. The van der Waals surface area contributed by atoms with Gasteiger partial charge in [0.1, 0.15) is 5.69 Å². The second kappa shape index (κ2) is 4.75. The van der Waals surface area contributed by atoms with Crippen LogP contribution in [0.3, 0.4) is 0 Å². The minimum absolute atomic E-state index is 0.0305. The van der Waals surface area contributed by atoms with Crippen molar-refractivity contribution in [3.05, 3.63) is 33.9 Å². The van der Waals surface area contributed by atoms with Crippen molar-refractivity contribution in [1.29, 1.82) is 0 Å². The summed E-state index contributed by atoms with van der Waals surface area (Å²) in [5.74, 6) is 0.473. The molecule has 1 aromatic carbocycles. The highest BCUT2D eigenvalue weighted by Crippen LogP contribution is 2.36. The van der Waals surface area contributed by atoms with Crippen molar-refractivity contribution in [1.82, 2.24) is 5.32 Å². The second-order valence-corrected chi connectivity index (χ2v) is 5.41. The Labute approximate surface area is 115 Å². The molecule has 2 heterocycles. The van der Waals surface area contributed by atoms with Gasteiger partial charge in [0.05, 0.1) is 4.92 Å². The number of nitro groups is 1. The van der Waals surface area contributed by atoms with Crippen LogP contribution in [-0.4, -0.2) is 37.0 Å². The number of amides is 1. The summed E-state index contributed by atoms with van der Waals surface area (Å²) in [4.78, 5) is 24.0. The molecule has 2 aliphatic heterocycles. The smallest absolute Gasteiger partial charge is 0.292 e. The van der Waals surface area contributed by atoms with Gasteiger partial charge in [-0.25, -0.2) is 0 Å². The van der Waals surface area contributed by atoms with Gasteiger partial charge in [0.2, 0.25) is 5.91 Å². The third-order valence-electron chi connectivity index (χ3n) is 4.19. The van der Waals surface area contributed by atoms with Crippen LogP contribution in [0, 0.1) is 22.0 Å². The molecule has 20 heavy (non-hydrogen) atoms. The van der Waals surface area contributed by atoms with Crippen LogP contribution in [-0.2, 0) is 0 Å². The SMILES string of the molecule is NC(=O)c1ccc([N+](=O)[O-])c(N2C[C@H]3CNC[C@H]3C2)c1.